The van der Waals surface area contributed by atoms with E-state index in [0.717, 1.165) is 77.0 Å². The van der Waals surface area contributed by atoms with Crippen LogP contribution in [0, 0.1) is 11.8 Å². The zero-order valence-electron chi connectivity index (χ0n) is 52.0. The molecule has 0 aliphatic rings. The van der Waals surface area contributed by atoms with Gasteiger partial charge in [0.05, 0.1) is 51.7 Å². The van der Waals surface area contributed by atoms with E-state index >= 15 is 0 Å². The molecule has 0 saturated heterocycles. The Morgan fingerprint density at radius 1 is 0.386 bits per heavy atom. The maximum atomic E-state index is 6.07. The minimum absolute atomic E-state index is 0.0973. The van der Waals surface area contributed by atoms with Gasteiger partial charge in [0, 0.05) is 48.7 Å². The summed E-state index contributed by atoms with van der Waals surface area (Å²) in [6, 6.07) is 0. The molecule has 17 atom stereocenters. The highest BCUT2D eigenvalue weighted by Crippen LogP contribution is 2.56. The second kappa shape index (κ2) is 71.1. The van der Waals surface area contributed by atoms with Gasteiger partial charge in [0.25, 0.3) is 0 Å². The van der Waals surface area contributed by atoms with Crippen molar-refractivity contribution in [3.05, 3.63) is 207 Å². The van der Waals surface area contributed by atoms with Crippen LogP contribution in [0.15, 0.2) is 207 Å². The van der Waals surface area contributed by atoms with Gasteiger partial charge in [0.15, 0.2) is 0 Å². The first kappa shape index (κ1) is 87.3. The van der Waals surface area contributed by atoms with Crippen LogP contribution in [0.4, 0.5) is 0 Å². The monoisotopic (exact) mass is 1340 g/mol. The van der Waals surface area contributed by atoms with Gasteiger partial charge in [-0.05, 0) is 77.0 Å². The lowest BCUT2D eigenvalue weighted by molar-refractivity contribution is 0.196. The first-order chi connectivity index (χ1) is 40.4. The van der Waals surface area contributed by atoms with Crippen LogP contribution in [0.1, 0.15) is 158 Å². The van der Waals surface area contributed by atoms with Gasteiger partial charge in [-0.15, -0.1) is 0 Å². The predicted octanol–water partition coefficient (Wildman–Crippen LogP) is 24.1. The molecule has 0 rings (SSSR count). The summed E-state index contributed by atoms with van der Waals surface area (Å²) in [5, 5.41) is 0. The third-order valence-electron chi connectivity index (χ3n) is 11.6. The molecular formula is C66H115O6P11. The van der Waals surface area contributed by atoms with Gasteiger partial charge in [0.2, 0.25) is 0 Å². The molecule has 17 heteroatoms. The fourth-order valence-corrected chi connectivity index (χ4v) is 11.5. The zero-order valence-corrected chi connectivity index (χ0v) is 64.1. The van der Waals surface area contributed by atoms with Crippen LogP contribution in [0.2, 0.25) is 0 Å². The summed E-state index contributed by atoms with van der Waals surface area (Å²) in [6.07, 6.45) is 89.9. The van der Waals surface area contributed by atoms with Crippen LogP contribution >= 0.6 is 96.6 Å². The lowest BCUT2D eigenvalue weighted by Gasteiger charge is -2.22. The molecule has 0 aromatic heterocycles. The standard InChI is InChI=1S/2C23H40O2P4.C20H35O2P3/c1-4-6-8-16-20-23(24-26)21(3)17-14-11-9-10-12-15-19-22(25-29(27)28)18-13-7-5-2;1-4-6-8-15-18-22(24-26)19-16-12-10-9-11-14-17-21(3)23(25-29(27)28)20-13-7-5-2;1-3-5-16-20(21-23)18-15-13-11-9-7-6-8-10-12-14-17-19(4-2)22-25-24/h2*7-17,19,21-23H,4-6,18,20,26-28H2,1-3H3;6-7,10-15,17-20,25H,3-5,8-9,16,23-24H2,1-2H3/b11-9-,12-10-,13-7-,16-8-,17-14+,19-15+;11-9-,12-10-,13-7-,15-8-,17-14+,19-16+;7-6-,12-10-,13-11+,17-14+,18-15+. The van der Waals surface area contributed by atoms with E-state index in [9.17, 15) is 0 Å². The molecule has 470 valence electrons. The van der Waals surface area contributed by atoms with Gasteiger partial charge in [-0.3, -0.25) is 0 Å². The van der Waals surface area contributed by atoms with Crippen LogP contribution in [0.5, 0.6) is 0 Å². The van der Waals surface area contributed by atoms with Gasteiger partial charge in [0.1, 0.15) is 0 Å². The smallest absolute Gasteiger partial charge is 0.0844 e. The normalized spacial score (nSPS) is 16.5. The molecule has 0 radical (unpaired) electrons. The molecule has 0 aromatic rings. The Morgan fingerprint density at radius 2 is 0.795 bits per heavy atom. The van der Waals surface area contributed by atoms with Crippen LogP contribution in [-0.2, 0) is 27.1 Å². The Balaban J connectivity index is -0.00000116. The van der Waals surface area contributed by atoms with E-state index in [1.54, 1.807) is 0 Å². The van der Waals surface area contributed by atoms with Gasteiger partial charge >= 0.3 is 0 Å². The van der Waals surface area contributed by atoms with E-state index in [0.29, 0.717) is 20.3 Å². The maximum absolute atomic E-state index is 6.07. The number of hydrogen-bond donors (Lipinski definition) is 0. The van der Waals surface area contributed by atoms with Gasteiger partial charge < -0.3 is 27.1 Å². The van der Waals surface area contributed by atoms with Gasteiger partial charge in [-0.1, -0.05) is 332 Å². The zero-order chi connectivity index (χ0) is 62.1. The summed E-state index contributed by atoms with van der Waals surface area (Å²) in [7, 11) is 20.1. The SMILES string of the molecule is CC/C=C\CC(/C=C/C=C\C=C/C=C/C(C)C(C/C=C\CCC)OP)OP(P)P.CC/C=C\CC(OP(P)P)C(C)/C=C/C=C\C=C/C=C/C(C/C=C\CCC)OP.CCCCC(/C=C/C=C/C/C=C\C/C=C\C=C\C(CC)OPP)OP. The van der Waals surface area contributed by atoms with E-state index in [2.05, 4.69) is 292 Å². The molecular weight excluding hydrogens is 1230 g/mol. The van der Waals surface area contributed by atoms with E-state index < -0.39 is 15.1 Å². The Hall–Kier alpha value is 0.0700. The first-order valence-corrected chi connectivity index (χ1v) is 42.9. The quantitative estimate of drug-likeness (QED) is 0.0344. The van der Waals surface area contributed by atoms with Gasteiger partial charge in [-0.2, -0.15) is 0 Å². The van der Waals surface area contributed by atoms with Crippen molar-refractivity contribution in [2.75, 3.05) is 0 Å². The first-order valence-electron chi connectivity index (χ1n) is 29.8. The largest absolute Gasteiger partial charge is 0.362 e. The fourth-order valence-electron chi connectivity index (χ4n) is 6.84. The molecule has 0 spiro atoms. The van der Waals surface area contributed by atoms with Crippen molar-refractivity contribution in [2.45, 2.75) is 195 Å². The molecule has 0 fully saturated rings. The van der Waals surface area contributed by atoms with E-state index in [1.807, 2.05) is 42.5 Å². The predicted molar refractivity (Wildman–Crippen MR) is 411 cm³/mol. The minimum atomic E-state index is -0.528. The topological polar surface area (TPSA) is 55.4 Å². The van der Waals surface area contributed by atoms with Crippen molar-refractivity contribution in [1.82, 2.24) is 0 Å². The molecule has 0 saturated carbocycles. The van der Waals surface area contributed by atoms with Crippen molar-refractivity contribution < 1.29 is 27.1 Å². The summed E-state index contributed by atoms with van der Waals surface area (Å²) in [5.74, 6) is 0.715. The lowest BCUT2D eigenvalue weighted by atomic mass is 10.0. The average molecular weight is 1350 g/mol. The molecule has 0 amide bonds. The third kappa shape index (κ3) is 64.9. The highest BCUT2D eigenvalue weighted by molar-refractivity contribution is 8.41. The molecule has 83 heavy (non-hydrogen) atoms. The number of hydrogen-bond acceptors (Lipinski definition) is 6. The Kier molecular flexibility index (Phi) is 74.8. The van der Waals surface area contributed by atoms with Gasteiger partial charge in [-0.25, -0.2) is 0 Å². The van der Waals surface area contributed by atoms with Crippen LogP contribution in [0.3, 0.4) is 0 Å². The maximum Gasteiger partial charge on any atom is 0.0844 e. The summed E-state index contributed by atoms with van der Waals surface area (Å²) in [6.45, 7) is 17.4. The minimum Gasteiger partial charge on any atom is -0.362 e. The molecule has 6 nitrogen and oxygen atoms in total. The van der Waals surface area contributed by atoms with E-state index in [1.165, 1.54) is 25.7 Å². The van der Waals surface area contributed by atoms with Crippen molar-refractivity contribution in [3.63, 3.8) is 0 Å². The van der Waals surface area contributed by atoms with Crippen LogP contribution in [-0.4, -0.2) is 36.6 Å². The molecule has 0 aromatic carbocycles. The Bertz CT molecular complexity index is 1970. The third-order valence-corrected chi connectivity index (χ3v) is 16.0. The average Bonchev–Trinajstić information content (AvgIpc) is 3.48. The van der Waals surface area contributed by atoms with Crippen molar-refractivity contribution in [2.24, 2.45) is 11.8 Å². The molecule has 0 aliphatic heterocycles. The molecule has 0 aliphatic carbocycles. The van der Waals surface area contributed by atoms with E-state index in [4.69, 9.17) is 27.1 Å². The highest BCUT2D eigenvalue weighted by atomic mass is 32.4. The number of allylic oxidation sites excluding steroid dienone is 24. The molecule has 17 unspecified atom stereocenters. The second-order valence-electron chi connectivity index (χ2n) is 18.9. The summed E-state index contributed by atoms with van der Waals surface area (Å²) in [5.41, 5.74) is 0. The number of unbranched alkanes of at least 4 members (excludes halogenated alkanes) is 3. The summed E-state index contributed by atoms with van der Waals surface area (Å²) < 4.78 is 33.8. The lowest BCUT2D eigenvalue weighted by Crippen LogP contribution is -2.16. The van der Waals surface area contributed by atoms with Crippen LogP contribution in [0.25, 0.3) is 0 Å². The Labute approximate surface area is 533 Å². The van der Waals surface area contributed by atoms with E-state index in [-0.39, 0.29) is 36.6 Å². The second-order valence-corrected chi connectivity index (χ2v) is 32.5. The van der Waals surface area contributed by atoms with Crippen molar-refractivity contribution in [1.29, 1.82) is 0 Å². The van der Waals surface area contributed by atoms with Crippen molar-refractivity contribution in [3.8, 4) is 0 Å². The molecule has 0 heterocycles. The van der Waals surface area contributed by atoms with Crippen LogP contribution < -0.4 is 0 Å². The summed E-state index contributed by atoms with van der Waals surface area (Å²) >= 11 is 0. The summed E-state index contributed by atoms with van der Waals surface area (Å²) in [4.78, 5) is 0. The number of rotatable bonds is 47. The fraction of sp³-hybridized carbons (Fsp3) is 0.485. The molecule has 0 N–H and O–H groups in total. The Morgan fingerprint density at radius 3 is 1.25 bits per heavy atom. The molecule has 0 bridgehead atoms. The highest BCUT2D eigenvalue weighted by Gasteiger charge is 2.16. The van der Waals surface area contributed by atoms with Crippen molar-refractivity contribution >= 4 is 96.6 Å².